The van der Waals surface area contributed by atoms with Crippen LogP contribution in [0.5, 0.6) is 0 Å². The Hall–Kier alpha value is -2.06. The van der Waals surface area contributed by atoms with Gasteiger partial charge >= 0.3 is 0 Å². The molecule has 3 aromatic heterocycles. The SMILES string of the molecule is Cc1nc2sc3c(c2c2nc(C(=O)NCCN(C)C)nn12)C(C)CCC3. The highest BCUT2D eigenvalue weighted by Gasteiger charge is 2.26. The van der Waals surface area contributed by atoms with Gasteiger partial charge in [0, 0.05) is 18.0 Å². The molecular weight excluding hydrogens is 348 g/mol. The lowest BCUT2D eigenvalue weighted by atomic mass is 9.87. The number of hydrogen-bond acceptors (Lipinski definition) is 6. The Labute approximate surface area is 156 Å². The molecule has 1 unspecified atom stereocenters. The Kier molecular flexibility index (Phi) is 4.40. The van der Waals surface area contributed by atoms with Gasteiger partial charge in [-0.15, -0.1) is 16.4 Å². The molecule has 3 heterocycles. The first-order valence-electron chi connectivity index (χ1n) is 9.07. The molecule has 138 valence electrons. The third-order valence-corrected chi connectivity index (χ3v) is 6.14. The fourth-order valence-corrected chi connectivity index (χ4v) is 5.03. The standard InChI is InChI=1S/C18H24N6OS/c1-10-6-5-7-12-13(10)14-16-21-15(17(25)19-8-9-23(3)4)22-24(16)11(2)20-18(14)26-12/h10H,5-9H2,1-4H3,(H,19,25). The average Bonchev–Trinajstić information content (AvgIpc) is 3.16. The molecule has 0 bridgehead atoms. The summed E-state index contributed by atoms with van der Waals surface area (Å²) in [5, 5.41) is 8.41. The van der Waals surface area contributed by atoms with Crippen LogP contribution in [0.3, 0.4) is 0 Å². The van der Waals surface area contributed by atoms with Crippen LogP contribution in [0.15, 0.2) is 0 Å². The highest BCUT2D eigenvalue weighted by atomic mass is 32.1. The molecule has 26 heavy (non-hydrogen) atoms. The molecule has 0 spiro atoms. The lowest BCUT2D eigenvalue weighted by molar-refractivity contribution is 0.0941. The van der Waals surface area contributed by atoms with E-state index in [-0.39, 0.29) is 11.7 Å². The molecule has 3 aromatic rings. The first-order chi connectivity index (χ1) is 12.5. The zero-order valence-corrected chi connectivity index (χ0v) is 16.5. The Balaban J connectivity index is 1.79. The molecule has 1 aliphatic rings. The molecule has 0 saturated heterocycles. The molecule has 8 heteroatoms. The second kappa shape index (κ2) is 6.59. The van der Waals surface area contributed by atoms with Gasteiger partial charge in [-0.3, -0.25) is 4.79 Å². The predicted molar refractivity (Wildman–Crippen MR) is 103 cm³/mol. The first kappa shape index (κ1) is 17.4. The van der Waals surface area contributed by atoms with E-state index in [1.165, 1.54) is 23.3 Å². The minimum Gasteiger partial charge on any atom is -0.348 e. The maximum Gasteiger partial charge on any atom is 0.291 e. The number of aromatic nitrogens is 4. The zero-order chi connectivity index (χ0) is 18.4. The number of nitrogens with one attached hydrogen (secondary N) is 1. The predicted octanol–water partition coefficient (Wildman–Crippen LogP) is 2.38. The van der Waals surface area contributed by atoms with E-state index in [4.69, 9.17) is 4.98 Å². The van der Waals surface area contributed by atoms with Crippen LogP contribution >= 0.6 is 11.3 Å². The van der Waals surface area contributed by atoms with Gasteiger partial charge in [0.05, 0.1) is 5.39 Å². The van der Waals surface area contributed by atoms with E-state index in [1.54, 1.807) is 15.9 Å². The number of amides is 1. The fraction of sp³-hybridized carbons (Fsp3) is 0.556. The molecule has 7 nitrogen and oxygen atoms in total. The Morgan fingerprint density at radius 3 is 2.96 bits per heavy atom. The van der Waals surface area contributed by atoms with Gasteiger partial charge in [-0.1, -0.05) is 6.92 Å². The summed E-state index contributed by atoms with van der Waals surface area (Å²) in [6, 6.07) is 0. The van der Waals surface area contributed by atoms with Gasteiger partial charge in [-0.05, 0) is 51.8 Å². The van der Waals surface area contributed by atoms with Crippen LogP contribution in [-0.4, -0.2) is 57.6 Å². The van der Waals surface area contributed by atoms with Crippen LogP contribution in [-0.2, 0) is 6.42 Å². The quantitative estimate of drug-likeness (QED) is 0.761. The second-order valence-corrected chi connectivity index (χ2v) is 8.38. The van der Waals surface area contributed by atoms with Crippen molar-refractivity contribution in [3.63, 3.8) is 0 Å². The largest absolute Gasteiger partial charge is 0.348 e. The van der Waals surface area contributed by atoms with Gasteiger partial charge in [0.2, 0.25) is 5.82 Å². The molecule has 1 amide bonds. The Bertz CT molecular complexity index is 989. The van der Waals surface area contributed by atoms with Crippen molar-refractivity contribution in [2.45, 2.75) is 39.0 Å². The topological polar surface area (TPSA) is 75.4 Å². The van der Waals surface area contributed by atoms with Gasteiger partial charge in [0.25, 0.3) is 5.91 Å². The van der Waals surface area contributed by atoms with Crippen molar-refractivity contribution in [3.8, 4) is 0 Å². The van der Waals surface area contributed by atoms with E-state index in [0.717, 1.165) is 34.7 Å². The molecule has 1 N–H and O–H groups in total. The normalized spacial score (nSPS) is 17.2. The smallest absolute Gasteiger partial charge is 0.291 e. The van der Waals surface area contributed by atoms with E-state index in [9.17, 15) is 4.79 Å². The first-order valence-corrected chi connectivity index (χ1v) is 9.89. The summed E-state index contributed by atoms with van der Waals surface area (Å²) in [7, 11) is 3.95. The number of carbonyl (C=O) groups excluding carboxylic acids is 1. The molecular formula is C18H24N6OS. The van der Waals surface area contributed by atoms with Gasteiger partial charge in [-0.25, -0.2) is 9.97 Å². The number of carbonyl (C=O) groups is 1. The molecule has 1 aliphatic carbocycles. The summed E-state index contributed by atoms with van der Waals surface area (Å²) in [5.74, 6) is 1.23. The summed E-state index contributed by atoms with van der Waals surface area (Å²) < 4.78 is 1.72. The van der Waals surface area contributed by atoms with Crippen LogP contribution in [0.2, 0.25) is 0 Å². The number of likely N-dealkylation sites (N-methyl/N-ethyl adjacent to an activating group) is 1. The van der Waals surface area contributed by atoms with Crippen LogP contribution in [0.1, 0.15) is 52.6 Å². The summed E-state index contributed by atoms with van der Waals surface area (Å²) in [6.45, 7) is 5.53. The summed E-state index contributed by atoms with van der Waals surface area (Å²) in [6.07, 6.45) is 3.52. The van der Waals surface area contributed by atoms with Gasteiger partial charge < -0.3 is 10.2 Å². The number of aryl methyl sites for hydroxylation is 2. The van der Waals surface area contributed by atoms with Crippen molar-refractivity contribution in [2.75, 3.05) is 27.2 Å². The Morgan fingerprint density at radius 2 is 2.19 bits per heavy atom. The van der Waals surface area contributed by atoms with E-state index < -0.39 is 0 Å². The lowest BCUT2D eigenvalue weighted by Crippen LogP contribution is -2.32. The van der Waals surface area contributed by atoms with Gasteiger partial charge in [0.15, 0.2) is 5.65 Å². The highest BCUT2D eigenvalue weighted by Crippen LogP contribution is 2.42. The van der Waals surface area contributed by atoms with Crippen molar-refractivity contribution in [3.05, 3.63) is 22.1 Å². The number of nitrogens with zero attached hydrogens (tertiary/aromatic N) is 5. The fourth-order valence-electron chi connectivity index (χ4n) is 3.65. The molecule has 0 aromatic carbocycles. The number of thiophene rings is 1. The zero-order valence-electron chi connectivity index (χ0n) is 15.7. The highest BCUT2D eigenvalue weighted by molar-refractivity contribution is 7.19. The monoisotopic (exact) mass is 372 g/mol. The van der Waals surface area contributed by atoms with Crippen LogP contribution in [0.25, 0.3) is 15.9 Å². The molecule has 0 saturated carbocycles. The van der Waals surface area contributed by atoms with Crippen molar-refractivity contribution in [1.29, 1.82) is 0 Å². The maximum atomic E-state index is 12.4. The van der Waals surface area contributed by atoms with Gasteiger partial charge in [-0.2, -0.15) is 4.52 Å². The number of fused-ring (bicyclic) bond motifs is 5. The summed E-state index contributed by atoms with van der Waals surface area (Å²) >= 11 is 1.77. The van der Waals surface area contributed by atoms with Crippen LogP contribution in [0, 0.1) is 6.92 Å². The van der Waals surface area contributed by atoms with Crippen LogP contribution in [0.4, 0.5) is 0 Å². The van der Waals surface area contributed by atoms with Crippen molar-refractivity contribution >= 4 is 33.1 Å². The maximum absolute atomic E-state index is 12.4. The third kappa shape index (κ3) is 2.87. The molecule has 4 rings (SSSR count). The minimum atomic E-state index is -0.236. The van der Waals surface area contributed by atoms with E-state index in [0.29, 0.717) is 12.5 Å². The Morgan fingerprint density at radius 1 is 1.38 bits per heavy atom. The number of rotatable bonds is 4. The van der Waals surface area contributed by atoms with Gasteiger partial charge in [0.1, 0.15) is 10.7 Å². The molecule has 0 radical (unpaired) electrons. The van der Waals surface area contributed by atoms with E-state index in [2.05, 4.69) is 22.3 Å². The summed E-state index contributed by atoms with van der Waals surface area (Å²) in [4.78, 5) is 26.2. The molecule has 1 atom stereocenters. The second-order valence-electron chi connectivity index (χ2n) is 7.30. The summed E-state index contributed by atoms with van der Waals surface area (Å²) in [5.41, 5.74) is 2.12. The minimum absolute atomic E-state index is 0.213. The third-order valence-electron chi connectivity index (χ3n) is 4.99. The van der Waals surface area contributed by atoms with E-state index in [1.807, 2.05) is 25.9 Å². The van der Waals surface area contributed by atoms with Crippen molar-refractivity contribution in [2.24, 2.45) is 0 Å². The van der Waals surface area contributed by atoms with Crippen LogP contribution < -0.4 is 5.32 Å². The van der Waals surface area contributed by atoms with Crippen molar-refractivity contribution < 1.29 is 4.79 Å². The number of hydrogen-bond donors (Lipinski definition) is 1. The lowest BCUT2D eigenvalue weighted by Gasteiger charge is -2.18. The average molecular weight is 372 g/mol. The molecule has 0 fully saturated rings. The molecule has 0 aliphatic heterocycles. The van der Waals surface area contributed by atoms with E-state index >= 15 is 0 Å². The van der Waals surface area contributed by atoms with Crippen molar-refractivity contribution in [1.82, 2.24) is 29.8 Å².